The highest BCUT2D eigenvalue weighted by molar-refractivity contribution is 6.08. The van der Waals surface area contributed by atoms with Crippen molar-refractivity contribution in [1.82, 2.24) is 0 Å². The van der Waals surface area contributed by atoms with Gasteiger partial charge in [-0.05, 0) is 42.5 Å². The van der Waals surface area contributed by atoms with Crippen LogP contribution in [0.4, 0.5) is 0 Å². The van der Waals surface area contributed by atoms with Crippen LogP contribution in [0.5, 0.6) is 0 Å². The molecule has 0 aromatic heterocycles. The molecule has 0 atom stereocenters. The van der Waals surface area contributed by atoms with Gasteiger partial charge in [0.15, 0.2) is 0 Å². The number of ether oxygens (including phenoxy) is 2. The maximum absolute atomic E-state index is 10.3. The average Bonchev–Trinajstić information content (AvgIpc) is 3.52. The molecule has 0 bridgehead atoms. The van der Waals surface area contributed by atoms with Crippen molar-refractivity contribution in [3.63, 3.8) is 0 Å². The Hall–Kier alpha value is -3.73. The lowest BCUT2D eigenvalue weighted by Gasteiger charge is -2.16. The summed E-state index contributed by atoms with van der Waals surface area (Å²) in [5.41, 5.74) is 4.64. The Bertz CT molecular complexity index is 933. The van der Waals surface area contributed by atoms with Crippen LogP contribution in [0.3, 0.4) is 0 Å². The summed E-state index contributed by atoms with van der Waals surface area (Å²) in [6, 6.07) is 18.7. The molecule has 5 rings (SSSR count). The summed E-state index contributed by atoms with van der Waals surface area (Å²) < 4.78 is 8.51. The summed E-state index contributed by atoms with van der Waals surface area (Å²) in [7, 11) is 0. The molecule has 0 saturated heterocycles. The molecule has 0 fully saturated rings. The fraction of sp³-hybridized carbons (Fsp3) is 0.323. The molecule has 0 saturated carbocycles. The van der Waals surface area contributed by atoms with E-state index in [0.29, 0.717) is 12.2 Å². The van der Waals surface area contributed by atoms with Crippen LogP contribution in [-0.4, -0.2) is 24.5 Å². The summed E-state index contributed by atoms with van der Waals surface area (Å²) in [5, 5.41) is 0. The predicted octanol–water partition coefficient (Wildman–Crippen LogP) is 7.31. The largest absolute Gasteiger partial charge is 0.458 e. The van der Waals surface area contributed by atoms with E-state index in [9.17, 15) is 14.4 Å². The van der Waals surface area contributed by atoms with Crippen LogP contribution in [0.15, 0.2) is 85.0 Å². The molecule has 0 spiro atoms. The summed E-state index contributed by atoms with van der Waals surface area (Å²) in [6.07, 6.45) is 8.71. The number of esters is 3. The van der Waals surface area contributed by atoms with Crippen LogP contribution in [-0.2, 0) is 36.7 Å². The second-order valence-corrected chi connectivity index (χ2v) is 6.45. The monoisotopic (exact) mass is 494 g/mol. The van der Waals surface area contributed by atoms with Gasteiger partial charge in [-0.25, -0.2) is 14.4 Å². The number of hydrogen-bond acceptors (Lipinski definition) is 5. The summed E-state index contributed by atoms with van der Waals surface area (Å²) >= 11 is 0. The van der Waals surface area contributed by atoms with Gasteiger partial charge in [0.2, 0.25) is 0 Å². The normalized spacial score (nSPS) is 12.8. The van der Waals surface area contributed by atoms with Crippen molar-refractivity contribution in [2.45, 2.75) is 61.3 Å². The highest BCUT2D eigenvalue weighted by Crippen LogP contribution is 2.20. The van der Waals surface area contributed by atoms with Gasteiger partial charge in [0, 0.05) is 17.7 Å². The minimum absolute atomic E-state index is 0.227. The topological polar surface area (TPSA) is 69.7 Å². The van der Waals surface area contributed by atoms with E-state index in [0.717, 1.165) is 0 Å². The van der Waals surface area contributed by atoms with Gasteiger partial charge in [-0.3, -0.25) is 0 Å². The van der Waals surface area contributed by atoms with Crippen molar-refractivity contribution in [3.8, 4) is 0 Å². The molecule has 196 valence electrons. The van der Waals surface area contributed by atoms with Crippen LogP contribution in [0.25, 0.3) is 6.08 Å². The lowest BCUT2D eigenvalue weighted by molar-refractivity contribution is -0.150. The Morgan fingerprint density at radius 3 is 1.44 bits per heavy atom. The molecule has 0 amide bonds. The molecule has 3 aliphatic rings. The van der Waals surface area contributed by atoms with Crippen molar-refractivity contribution in [3.05, 3.63) is 102 Å². The Morgan fingerprint density at radius 1 is 0.750 bits per heavy atom. The van der Waals surface area contributed by atoms with Crippen LogP contribution < -0.4 is 0 Å². The fourth-order valence-corrected chi connectivity index (χ4v) is 2.49. The standard InChI is InChI=1S/2C8H8.C5H4O3.C4H4O2.3C2H6/c1-2-4-8-6-5-7(8)3-1;1-2-8-6-4-3-5-7-8;1-3-2-4(6)8-5(3)7;5-4-2-1-3-6-4;3*1-2/h1-4H,5-6H2;2-7H,1H2;2H,1H3;1-2H,3H2;3*1-2H3. The van der Waals surface area contributed by atoms with E-state index < -0.39 is 11.9 Å². The van der Waals surface area contributed by atoms with Crippen LogP contribution in [0.1, 0.15) is 65.2 Å². The maximum Gasteiger partial charge on any atom is 0.341 e. The number of cyclic esters (lactones) is 3. The quantitative estimate of drug-likeness (QED) is 0.307. The highest BCUT2D eigenvalue weighted by Gasteiger charge is 2.18. The van der Waals surface area contributed by atoms with Gasteiger partial charge in [0.05, 0.1) is 0 Å². The summed E-state index contributed by atoms with van der Waals surface area (Å²) in [6.45, 7) is 17.6. The third-order valence-corrected chi connectivity index (χ3v) is 4.24. The Morgan fingerprint density at radius 2 is 1.25 bits per heavy atom. The van der Waals surface area contributed by atoms with Crippen molar-refractivity contribution in [2.75, 3.05) is 6.61 Å². The summed E-state index contributed by atoms with van der Waals surface area (Å²) in [4.78, 5) is 30.4. The molecule has 0 N–H and O–H groups in total. The summed E-state index contributed by atoms with van der Waals surface area (Å²) in [5.74, 6) is -1.32. The lowest BCUT2D eigenvalue weighted by Crippen LogP contribution is -2.06. The van der Waals surface area contributed by atoms with E-state index in [-0.39, 0.29) is 5.97 Å². The first-order valence-electron chi connectivity index (χ1n) is 12.5. The first kappa shape index (κ1) is 34.4. The molecule has 36 heavy (non-hydrogen) atoms. The minimum Gasteiger partial charge on any atom is -0.458 e. The number of carbonyl (C=O) groups excluding carboxylic acids is 3. The molecule has 0 radical (unpaired) electrons. The minimum atomic E-state index is -0.562. The highest BCUT2D eigenvalue weighted by atomic mass is 16.6. The second kappa shape index (κ2) is 23.0. The van der Waals surface area contributed by atoms with Gasteiger partial charge in [0.25, 0.3) is 0 Å². The molecule has 2 aliphatic heterocycles. The van der Waals surface area contributed by atoms with Crippen LogP contribution >= 0.6 is 0 Å². The number of aryl methyl sites for hydroxylation is 2. The molecule has 5 heteroatoms. The fourth-order valence-electron chi connectivity index (χ4n) is 2.49. The van der Waals surface area contributed by atoms with E-state index in [1.165, 1.54) is 37.5 Å². The third kappa shape index (κ3) is 15.2. The number of carbonyl (C=O) groups is 3. The van der Waals surface area contributed by atoms with E-state index in [4.69, 9.17) is 0 Å². The first-order valence-corrected chi connectivity index (χ1v) is 12.5. The number of benzene rings is 2. The van der Waals surface area contributed by atoms with E-state index in [2.05, 4.69) is 40.3 Å². The Kier molecular flexibility index (Phi) is 22.0. The van der Waals surface area contributed by atoms with Crippen LogP contribution in [0.2, 0.25) is 0 Å². The van der Waals surface area contributed by atoms with Gasteiger partial charge in [-0.1, -0.05) is 109 Å². The molecular formula is C31H42O5. The predicted molar refractivity (Wildman–Crippen MR) is 149 cm³/mol. The molecule has 2 aromatic rings. The SMILES string of the molecule is C=Cc1ccccc1.CC.CC.CC.CC1=CC(=O)OC1=O.O=C1C=CCO1.c1ccc2c(c1)CC2. The number of rotatable bonds is 1. The number of fused-ring (bicyclic) bond motifs is 1. The van der Waals surface area contributed by atoms with Crippen molar-refractivity contribution >= 4 is 24.0 Å². The van der Waals surface area contributed by atoms with Gasteiger partial charge < -0.3 is 9.47 Å². The maximum atomic E-state index is 10.3. The zero-order valence-corrected chi connectivity index (χ0v) is 22.9. The molecule has 2 heterocycles. The van der Waals surface area contributed by atoms with Crippen LogP contribution in [0, 0.1) is 0 Å². The molecule has 1 aliphatic carbocycles. The van der Waals surface area contributed by atoms with Gasteiger partial charge in [-0.2, -0.15) is 0 Å². The molecular weight excluding hydrogens is 452 g/mol. The van der Waals surface area contributed by atoms with Gasteiger partial charge in [-0.15, -0.1) is 0 Å². The third-order valence-electron chi connectivity index (χ3n) is 4.24. The molecule has 5 nitrogen and oxygen atoms in total. The zero-order valence-electron chi connectivity index (χ0n) is 22.9. The van der Waals surface area contributed by atoms with Gasteiger partial charge >= 0.3 is 17.9 Å². The average molecular weight is 495 g/mol. The smallest absolute Gasteiger partial charge is 0.341 e. The van der Waals surface area contributed by atoms with E-state index >= 15 is 0 Å². The van der Waals surface area contributed by atoms with E-state index in [1.807, 2.05) is 78.0 Å². The second-order valence-electron chi connectivity index (χ2n) is 6.45. The van der Waals surface area contributed by atoms with Crippen molar-refractivity contribution < 1.29 is 23.9 Å². The van der Waals surface area contributed by atoms with Crippen molar-refractivity contribution in [1.29, 1.82) is 0 Å². The number of hydrogen-bond donors (Lipinski definition) is 0. The zero-order chi connectivity index (χ0) is 27.8. The molecule has 0 unspecified atom stereocenters. The van der Waals surface area contributed by atoms with E-state index in [1.54, 1.807) is 17.2 Å². The lowest BCUT2D eigenvalue weighted by atomic mass is 9.89. The van der Waals surface area contributed by atoms with Gasteiger partial charge in [0.1, 0.15) is 6.61 Å². The molecule has 2 aromatic carbocycles. The van der Waals surface area contributed by atoms with Crippen molar-refractivity contribution in [2.24, 2.45) is 0 Å². The Balaban J connectivity index is 0. The Labute approximate surface area is 217 Å². The first-order chi connectivity index (χ1) is 17.5.